The van der Waals surface area contributed by atoms with Crippen LogP contribution < -0.4 is 10.1 Å². The Bertz CT molecular complexity index is 1800. The van der Waals surface area contributed by atoms with E-state index in [0.717, 1.165) is 55.7 Å². The number of unbranched alkanes of at least 4 members (excludes halogenated alkanes) is 1. The fourth-order valence-corrected chi connectivity index (χ4v) is 6.53. The molecule has 1 fully saturated rings. The van der Waals surface area contributed by atoms with Gasteiger partial charge in [0.15, 0.2) is 24.6 Å². The first kappa shape index (κ1) is 38.5. The standard InChI is InChI=1S/C39H41NO13/c1-22(42)49-33-34(50-23(2)43)36(51-24(3)44)38(53-35(33)37(45)47-4)52-32-19-25(16-17-26(32)20-41)11-9-10-18-40-39(46)48-21-31-29-14-7-5-12-27(29)28-13-6-8-15-30(28)31/h5-8,12-17,19-20,31,33-36,38H,9-11,18,21H2,1-4H3,(H,40,46)/t33-,34-,35-,36+,38+/m0/s1. The van der Waals surface area contributed by atoms with Gasteiger partial charge in [0.05, 0.1) is 12.7 Å². The number of carbonyl (C=O) groups is 6. The zero-order valence-corrected chi connectivity index (χ0v) is 29.7. The molecule has 0 saturated carbocycles. The topological polar surface area (TPSA) is 179 Å². The number of carbonyl (C=O) groups excluding carboxylic acids is 6. The summed E-state index contributed by atoms with van der Waals surface area (Å²) in [5.41, 5.74) is 5.41. The molecule has 0 aromatic heterocycles. The molecule has 53 heavy (non-hydrogen) atoms. The monoisotopic (exact) mass is 731 g/mol. The van der Waals surface area contributed by atoms with Gasteiger partial charge in [-0.2, -0.15) is 0 Å². The van der Waals surface area contributed by atoms with Crippen LogP contribution in [0.25, 0.3) is 11.1 Å². The number of aldehydes is 1. The number of esters is 4. The number of alkyl carbamates (subject to hydrolysis) is 1. The number of ether oxygens (including phenoxy) is 7. The molecule has 14 nitrogen and oxygen atoms in total. The highest BCUT2D eigenvalue weighted by Gasteiger charge is 2.56. The molecule has 1 N–H and O–H groups in total. The third kappa shape index (κ3) is 9.38. The third-order valence-corrected chi connectivity index (χ3v) is 8.79. The molecule has 0 unspecified atom stereocenters. The van der Waals surface area contributed by atoms with Crippen molar-refractivity contribution in [1.29, 1.82) is 0 Å². The van der Waals surface area contributed by atoms with Gasteiger partial charge in [0.1, 0.15) is 12.4 Å². The van der Waals surface area contributed by atoms with Crippen LogP contribution in [0.4, 0.5) is 4.79 Å². The number of hydrogen-bond donors (Lipinski definition) is 1. The molecule has 5 atom stereocenters. The summed E-state index contributed by atoms with van der Waals surface area (Å²) in [7, 11) is 1.08. The maximum Gasteiger partial charge on any atom is 0.407 e. The molecule has 5 rings (SSSR count). The third-order valence-electron chi connectivity index (χ3n) is 8.79. The summed E-state index contributed by atoms with van der Waals surface area (Å²) in [6.45, 7) is 3.82. The van der Waals surface area contributed by atoms with Crippen molar-refractivity contribution < 1.29 is 61.9 Å². The van der Waals surface area contributed by atoms with Crippen LogP contribution in [0, 0.1) is 0 Å². The first-order chi connectivity index (χ1) is 25.5. The van der Waals surface area contributed by atoms with E-state index < -0.39 is 60.7 Å². The molecule has 0 bridgehead atoms. The molecule has 1 aliphatic carbocycles. The van der Waals surface area contributed by atoms with Crippen molar-refractivity contribution >= 4 is 36.3 Å². The number of nitrogens with one attached hydrogen (secondary N) is 1. The van der Waals surface area contributed by atoms with E-state index in [0.29, 0.717) is 32.1 Å². The van der Waals surface area contributed by atoms with E-state index in [1.165, 1.54) is 6.07 Å². The van der Waals surface area contributed by atoms with Crippen molar-refractivity contribution in [3.8, 4) is 16.9 Å². The van der Waals surface area contributed by atoms with Crippen LogP contribution in [0.1, 0.15) is 66.6 Å². The van der Waals surface area contributed by atoms with Crippen LogP contribution in [0.3, 0.4) is 0 Å². The smallest absolute Gasteiger partial charge is 0.407 e. The van der Waals surface area contributed by atoms with Gasteiger partial charge in [0.2, 0.25) is 12.4 Å². The van der Waals surface area contributed by atoms with E-state index in [-0.39, 0.29) is 23.8 Å². The number of hydrogen-bond acceptors (Lipinski definition) is 13. The molecular weight excluding hydrogens is 690 g/mol. The lowest BCUT2D eigenvalue weighted by Gasteiger charge is -2.43. The Kier molecular flexibility index (Phi) is 12.8. The zero-order chi connectivity index (χ0) is 38.1. The minimum atomic E-state index is -1.66. The van der Waals surface area contributed by atoms with Crippen molar-refractivity contribution in [2.45, 2.75) is 76.7 Å². The Morgan fingerprint density at radius 1 is 0.774 bits per heavy atom. The van der Waals surface area contributed by atoms with E-state index >= 15 is 0 Å². The normalized spacial score (nSPS) is 20.2. The predicted molar refractivity (Wildman–Crippen MR) is 186 cm³/mol. The highest BCUT2D eigenvalue weighted by Crippen LogP contribution is 2.44. The SMILES string of the molecule is COC(=O)[C@H]1O[C@@H](Oc2cc(CCCCNC(=O)OCC3c4ccccc4-c4ccccc43)ccc2C=O)[C@H](OC(C)=O)[C@@H](OC(C)=O)[C@@H]1OC(C)=O. The quantitative estimate of drug-likeness (QED) is 0.107. The van der Waals surface area contributed by atoms with Crippen molar-refractivity contribution in [3.05, 3.63) is 89.0 Å². The molecule has 1 heterocycles. The van der Waals surface area contributed by atoms with Crippen LogP contribution in [-0.4, -0.2) is 87.2 Å². The summed E-state index contributed by atoms with van der Waals surface area (Å²) in [4.78, 5) is 73.6. The number of fused-ring (bicyclic) bond motifs is 3. The molecule has 0 spiro atoms. The lowest BCUT2D eigenvalue weighted by molar-refractivity contribution is -0.282. The average molecular weight is 732 g/mol. The number of rotatable bonds is 14. The Morgan fingerprint density at radius 3 is 1.98 bits per heavy atom. The number of methoxy groups -OCH3 is 1. The van der Waals surface area contributed by atoms with Crippen molar-refractivity contribution in [3.63, 3.8) is 0 Å². The van der Waals surface area contributed by atoms with Crippen LogP contribution in [0.15, 0.2) is 66.7 Å². The van der Waals surface area contributed by atoms with Gasteiger partial charge in [-0.15, -0.1) is 0 Å². The van der Waals surface area contributed by atoms with Crippen LogP contribution >= 0.6 is 0 Å². The second-order valence-electron chi connectivity index (χ2n) is 12.5. The maximum atomic E-state index is 12.8. The Balaban J connectivity index is 1.20. The van der Waals surface area contributed by atoms with E-state index in [4.69, 9.17) is 33.2 Å². The van der Waals surface area contributed by atoms with E-state index in [9.17, 15) is 28.8 Å². The molecule has 280 valence electrons. The van der Waals surface area contributed by atoms with Crippen molar-refractivity contribution in [2.75, 3.05) is 20.3 Å². The van der Waals surface area contributed by atoms with Gasteiger partial charge < -0.3 is 38.5 Å². The maximum absolute atomic E-state index is 12.8. The largest absolute Gasteiger partial charge is 0.467 e. The van der Waals surface area contributed by atoms with Crippen LogP contribution in [-0.2, 0) is 54.0 Å². The Labute approximate surface area is 306 Å². The first-order valence-corrected chi connectivity index (χ1v) is 17.1. The lowest BCUT2D eigenvalue weighted by atomic mass is 9.97. The number of aryl methyl sites for hydroxylation is 1. The van der Waals surface area contributed by atoms with Gasteiger partial charge in [0.25, 0.3) is 0 Å². The van der Waals surface area contributed by atoms with Gasteiger partial charge in [-0.05, 0) is 59.2 Å². The summed E-state index contributed by atoms with van der Waals surface area (Å²) in [6, 6.07) is 21.0. The summed E-state index contributed by atoms with van der Waals surface area (Å²) in [5.74, 6) is -3.51. The fourth-order valence-electron chi connectivity index (χ4n) is 6.53. The average Bonchev–Trinajstić information content (AvgIpc) is 3.45. The van der Waals surface area contributed by atoms with Gasteiger partial charge in [-0.25, -0.2) is 9.59 Å². The van der Waals surface area contributed by atoms with Crippen molar-refractivity contribution in [1.82, 2.24) is 5.32 Å². The summed E-state index contributed by atoms with van der Waals surface area (Å²) >= 11 is 0. The number of amides is 1. The molecule has 1 amide bonds. The fraction of sp³-hybridized carbons (Fsp3) is 0.385. The molecule has 14 heteroatoms. The molecular formula is C39H41NO13. The predicted octanol–water partition coefficient (Wildman–Crippen LogP) is 4.43. The minimum absolute atomic E-state index is 0.0209. The highest BCUT2D eigenvalue weighted by atomic mass is 16.7. The summed E-state index contributed by atoms with van der Waals surface area (Å²) in [5, 5.41) is 2.80. The molecule has 0 radical (unpaired) electrons. The molecule has 3 aromatic carbocycles. The highest BCUT2D eigenvalue weighted by molar-refractivity contribution is 5.80. The second kappa shape index (κ2) is 17.6. The van der Waals surface area contributed by atoms with Gasteiger partial charge in [-0.1, -0.05) is 54.6 Å². The molecule has 1 saturated heterocycles. The second-order valence-corrected chi connectivity index (χ2v) is 12.5. The molecule has 1 aliphatic heterocycles. The Hall–Kier alpha value is -5.76. The molecule has 2 aliphatic rings. The van der Waals surface area contributed by atoms with Crippen LogP contribution in [0.2, 0.25) is 0 Å². The minimum Gasteiger partial charge on any atom is -0.467 e. The van der Waals surface area contributed by atoms with Crippen LogP contribution in [0.5, 0.6) is 5.75 Å². The van der Waals surface area contributed by atoms with E-state index in [2.05, 4.69) is 29.6 Å². The zero-order valence-electron chi connectivity index (χ0n) is 29.7. The van der Waals surface area contributed by atoms with Gasteiger partial charge in [0, 0.05) is 33.2 Å². The van der Waals surface area contributed by atoms with E-state index in [1.54, 1.807) is 12.1 Å². The van der Waals surface area contributed by atoms with Gasteiger partial charge in [-0.3, -0.25) is 19.2 Å². The molecule has 3 aromatic rings. The van der Waals surface area contributed by atoms with E-state index in [1.807, 2.05) is 24.3 Å². The first-order valence-electron chi connectivity index (χ1n) is 17.1. The summed E-state index contributed by atoms with van der Waals surface area (Å²) < 4.78 is 38.4. The Morgan fingerprint density at radius 2 is 1.38 bits per heavy atom. The van der Waals surface area contributed by atoms with Gasteiger partial charge >= 0.3 is 30.0 Å². The van der Waals surface area contributed by atoms with Crippen molar-refractivity contribution in [2.24, 2.45) is 0 Å². The number of benzene rings is 3. The lowest BCUT2D eigenvalue weighted by Crippen LogP contribution is -2.64. The summed E-state index contributed by atoms with van der Waals surface area (Å²) in [6.07, 6.45) is -6.11.